The summed E-state index contributed by atoms with van der Waals surface area (Å²) in [6.45, 7) is 0. The minimum atomic E-state index is -0.249. The zero-order chi connectivity index (χ0) is 18.2. The van der Waals surface area contributed by atoms with Crippen molar-refractivity contribution >= 4 is 17.7 Å². The van der Waals surface area contributed by atoms with Gasteiger partial charge in [0.05, 0.1) is 11.8 Å². The van der Waals surface area contributed by atoms with Crippen molar-refractivity contribution in [3.8, 4) is 0 Å². The first-order chi connectivity index (χ1) is 12.7. The van der Waals surface area contributed by atoms with E-state index in [9.17, 15) is 9.18 Å². The van der Waals surface area contributed by atoms with Gasteiger partial charge in [0, 0.05) is 5.75 Å². The molecule has 3 aromatic rings. The molecular weight excluding hydrogens is 345 g/mol. The molecule has 26 heavy (non-hydrogen) atoms. The van der Waals surface area contributed by atoms with Crippen LogP contribution in [0.25, 0.3) is 0 Å². The Kier molecular flexibility index (Phi) is 6.45. The molecule has 2 nitrogen and oxygen atoms in total. The molecule has 0 aliphatic rings. The highest BCUT2D eigenvalue weighted by atomic mass is 32.2. The van der Waals surface area contributed by atoms with Crippen LogP contribution in [-0.2, 0) is 10.5 Å². The lowest BCUT2D eigenvalue weighted by atomic mass is 9.99. The molecule has 3 aromatic carbocycles. The van der Waals surface area contributed by atoms with Gasteiger partial charge in [0.2, 0.25) is 5.91 Å². The zero-order valence-corrected chi connectivity index (χ0v) is 15.1. The van der Waals surface area contributed by atoms with Crippen molar-refractivity contribution in [1.29, 1.82) is 0 Å². The quantitative estimate of drug-likeness (QED) is 0.641. The van der Waals surface area contributed by atoms with E-state index in [2.05, 4.69) is 5.32 Å². The fourth-order valence-corrected chi connectivity index (χ4v) is 3.53. The van der Waals surface area contributed by atoms with Gasteiger partial charge in [-0.1, -0.05) is 72.8 Å². The predicted octanol–water partition coefficient (Wildman–Crippen LogP) is 4.96. The number of halogens is 1. The van der Waals surface area contributed by atoms with Crippen molar-refractivity contribution < 1.29 is 9.18 Å². The summed E-state index contributed by atoms with van der Waals surface area (Å²) in [6.07, 6.45) is 0. The van der Waals surface area contributed by atoms with Crippen molar-refractivity contribution in [3.63, 3.8) is 0 Å². The van der Waals surface area contributed by atoms with E-state index in [1.165, 1.54) is 23.9 Å². The Balaban J connectivity index is 1.62. The first kappa shape index (κ1) is 18.2. The highest BCUT2D eigenvalue weighted by Crippen LogP contribution is 2.22. The molecule has 0 fully saturated rings. The molecule has 0 aliphatic carbocycles. The molecule has 1 amide bonds. The van der Waals surface area contributed by atoms with Crippen molar-refractivity contribution in [1.82, 2.24) is 5.32 Å². The van der Waals surface area contributed by atoms with Gasteiger partial charge in [0.1, 0.15) is 5.82 Å². The van der Waals surface area contributed by atoms with Crippen LogP contribution in [0.4, 0.5) is 4.39 Å². The number of rotatable bonds is 7. The first-order valence-corrected chi connectivity index (χ1v) is 9.59. The largest absolute Gasteiger partial charge is 0.344 e. The SMILES string of the molecule is O=C(CSCc1cccc(F)c1)NC(c1ccccc1)c1ccccc1. The Morgan fingerprint density at radius 2 is 1.50 bits per heavy atom. The lowest BCUT2D eigenvalue weighted by molar-refractivity contribution is -0.119. The number of amides is 1. The number of hydrogen-bond acceptors (Lipinski definition) is 2. The molecule has 0 unspecified atom stereocenters. The van der Waals surface area contributed by atoms with Gasteiger partial charge < -0.3 is 5.32 Å². The Labute approximate surface area is 157 Å². The molecule has 4 heteroatoms. The van der Waals surface area contributed by atoms with E-state index in [0.717, 1.165) is 16.7 Å². The second-order valence-corrected chi connectivity index (χ2v) is 6.93. The summed E-state index contributed by atoms with van der Waals surface area (Å²) in [5.74, 6) is 0.643. The predicted molar refractivity (Wildman–Crippen MR) is 105 cm³/mol. The molecule has 0 saturated heterocycles. The van der Waals surface area contributed by atoms with Gasteiger partial charge in [-0.2, -0.15) is 0 Å². The normalized spacial score (nSPS) is 10.7. The van der Waals surface area contributed by atoms with Crippen molar-refractivity contribution in [2.24, 2.45) is 0 Å². The Bertz CT molecular complexity index is 800. The van der Waals surface area contributed by atoms with Gasteiger partial charge >= 0.3 is 0 Å². The van der Waals surface area contributed by atoms with Crippen LogP contribution in [0.15, 0.2) is 84.9 Å². The van der Waals surface area contributed by atoms with Crippen molar-refractivity contribution in [2.45, 2.75) is 11.8 Å². The smallest absolute Gasteiger partial charge is 0.230 e. The molecule has 0 saturated carbocycles. The van der Waals surface area contributed by atoms with Crippen molar-refractivity contribution in [2.75, 3.05) is 5.75 Å². The standard InChI is InChI=1S/C22H20FNOS/c23-20-13-7-8-17(14-20)15-26-16-21(25)24-22(18-9-3-1-4-10-18)19-11-5-2-6-12-19/h1-14,22H,15-16H2,(H,24,25). The number of nitrogens with one attached hydrogen (secondary N) is 1. The Hall–Kier alpha value is -2.59. The summed E-state index contributed by atoms with van der Waals surface area (Å²) < 4.78 is 13.2. The molecule has 0 bridgehead atoms. The molecule has 0 radical (unpaired) electrons. The van der Waals surface area contributed by atoms with Crippen LogP contribution in [-0.4, -0.2) is 11.7 Å². The number of carbonyl (C=O) groups excluding carboxylic acids is 1. The lowest BCUT2D eigenvalue weighted by Gasteiger charge is -2.20. The van der Waals surface area contributed by atoms with E-state index in [-0.39, 0.29) is 17.8 Å². The second kappa shape index (κ2) is 9.20. The van der Waals surface area contributed by atoms with E-state index in [1.807, 2.05) is 66.7 Å². The topological polar surface area (TPSA) is 29.1 Å². The maximum absolute atomic E-state index is 13.2. The van der Waals surface area contributed by atoms with Crippen LogP contribution in [0.2, 0.25) is 0 Å². The number of benzene rings is 3. The van der Waals surface area contributed by atoms with E-state index in [4.69, 9.17) is 0 Å². The maximum atomic E-state index is 13.2. The third-order valence-corrected chi connectivity index (χ3v) is 4.97. The van der Waals surface area contributed by atoms with Gasteiger partial charge in [0.15, 0.2) is 0 Å². The lowest BCUT2D eigenvalue weighted by Crippen LogP contribution is -2.30. The monoisotopic (exact) mass is 365 g/mol. The summed E-state index contributed by atoms with van der Waals surface area (Å²) in [5.41, 5.74) is 2.97. The molecule has 0 heterocycles. The zero-order valence-electron chi connectivity index (χ0n) is 14.3. The van der Waals surface area contributed by atoms with Crippen molar-refractivity contribution in [3.05, 3.63) is 107 Å². The van der Waals surface area contributed by atoms with Crippen LogP contribution in [0, 0.1) is 5.82 Å². The van der Waals surface area contributed by atoms with Gasteiger partial charge in [-0.15, -0.1) is 11.8 Å². The third kappa shape index (κ3) is 5.20. The van der Waals surface area contributed by atoms with E-state index in [1.54, 1.807) is 6.07 Å². The summed E-state index contributed by atoms with van der Waals surface area (Å²) in [7, 11) is 0. The van der Waals surface area contributed by atoms with Crippen LogP contribution in [0.5, 0.6) is 0 Å². The number of hydrogen-bond donors (Lipinski definition) is 1. The first-order valence-electron chi connectivity index (χ1n) is 8.44. The summed E-state index contributed by atoms with van der Waals surface area (Å²) >= 11 is 1.48. The van der Waals surface area contributed by atoms with Crippen LogP contribution in [0.3, 0.4) is 0 Å². The van der Waals surface area contributed by atoms with Gasteiger partial charge in [-0.3, -0.25) is 4.79 Å². The van der Waals surface area contributed by atoms with E-state index in [0.29, 0.717) is 11.5 Å². The summed E-state index contributed by atoms with van der Waals surface area (Å²) in [5, 5.41) is 3.11. The fourth-order valence-electron chi connectivity index (χ4n) is 2.74. The molecule has 0 spiro atoms. The minimum Gasteiger partial charge on any atom is -0.344 e. The molecule has 132 valence electrons. The maximum Gasteiger partial charge on any atom is 0.230 e. The highest BCUT2D eigenvalue weighted by Gasteiger charge is 2.16. The Morgan fingerprint density at radius 1 is 0.885 bits per heavy atom. The van der Waals surface area contributed by atoms with Gasteiger partial charge in [-0.25, -0.2) is 4.39 Å². The highest BCUT2D eigenvalue weighted by molar-refractivity contribution is 7.99. The summed E-state index contributed by atoms with van der Waals surface area (Å²) in [6, 6.07) is 26.1. The van der Waals surface area contributed by atoms with Crippen LogP contribution >= 0.6 is 11.8 Å². The second-order valence-electron chi connectivity index (χ2n) is 5.94. The van der Waals surface area contributed by atoms with E-state index >= 15 is 0 Å². The number of carbonyl (C=O) groups is 1. The van der Waals surface area contributed by atoms with Gasteiger partial charge in [-0.05, 0) is 28.8 Å². The molecule has 0 aliphatic heterocycles. The van der Waals surface area contributed by atoms with E-state index < -0.39 is 0 Å². The fraction of sp³-hybridized carbons (Fsp3) is 0.136. The number of thioether (sulfide) groups is 1. The average molecular weight is 365 g/mol. The summed E-state index contributed by atoms with van der Waals surface area (Å²) in [4.78, 5) is 12.5. The van der Waals surface area contributed by atoms with Crippen LogP contribution < -0.4 is 5.32 Å². The molecule has 3 rings (SSSR count). The molecule has 1 N–H and O–H groups in total. The Morgan fingerprint density at radius 3 is 2.08 bits per heavy atom. The van der Waals surface area contributed by atoms with Gasteiger partial charge in [0.25, 0.3) is 0 Å². The molecule has 0 aromatic heterocycles. The minimum absolute atomic E-state index is 0.0379. The average Bonchev–Trinajstić information content (AvgIpc) is 2.67. The molecular formula is C22H20FNOS. The molecule has 0 atom stereocenters. The third-order valence-electron chi connectivity index (χ3n) is 3.96. The van der Waals surface area contributed by atoms with Crippen LogP contribution in [0.1, 0.15) is 22.7 Å².